The number of methoxy groups -OCH3 is 1. The number of ether oxygens (including phenoxy) is 2. The SMILES string of the molecule is COC1CCC(Cn2c(=O)[nH]c3ncc(-c4cnc5[nH]ccc5c4C)cc32)OC1. The van der Waals surface area contributed by atoms with Gasteiger partial charge >= 0.3 is 5.69 Å². The van der Waals surface area contributed by atoms with Crippen LogP contribution in [0.2, 0.25) is 0 Å². The van der Waals surface area contributed by atoms with E-state index >= 15 is 0 Å². The highest BCUT2D eigenvalue weighted by Crippen LogP contribution is 2.29. The van der Waals surface area contributed by atoms with Crippen molar-refractivity contribution in [3.63, 3.8) is 0 Å². The van der Waals surface area contributed by atoms with Gasteiger partial charge in [-0.15, -0.1) is 0 Å². The van der Waals surface area contributed by atoms with E-state index in [-0.39, 0.29) is 17.9 Å². The molecule has 1 saturated heterocycles. The van der Waals surface area contributed by atoms with Gasteiger partial charge in [-0.3, -0.25) is 9.55 Å². The van der Waals surface area contributed by atoms with Crippen molar-refractivity contribution in [1.82, 2.24) is 24.5 Å². The molecule has 4 aromatic heterocycles. The number of H-pyrrole nitrogens is 2. The summed E-state index contributed by atoms with van der Waals surface area (Å²) in [7, 11) is 1.70. The molecule has 8 nitrogen and oxygen atoms in total. The molecule has 1 fully saturated rings. The van der Waals surface area contributed by atoms with Crippen LogP contribution in [0.4, 0.5) is 0 Å². The molecule has 8 heteroatoms. The summed E-state index contributed by atoms with van der Waals surface area (Å²) in [5.74, 6) is 0. The Morgan fingerprint density at radius 3 is 2.93 bits per heavy atom. The number of nitrogens with one attached hydrogen (secondary N) is 2. The molecule has 2 atom stereocenters. The molecule has 2 unspecified atom stereocenters. The average molecular weight is 393 g/mol. The van der Waals surface area contributed by atoms with Crippen LogP contribution in [0.15, 0.2) is 35.5 Å². The van der Waals surface area contributed by atoms with Crippen LogP contribution < -0.4 is 5.69 Å². The summed E-state index contributed by atoms with van der Waals surface area (Å²) in [6.07, 6.45) is 7.44. The maximum Gasteiger partial charge on any atom is 0.327 e. The monoisotopic (exact) mass is 393 g/mol. The van der Waals surface area contributed by atoms with E-state index in [1.54, 1.807) is 17.9 Å². The fraction of sp³-hybridized carbons (Fsp3) is 0.381. The maximum atomic E-state index is 12.6. The van der Waals surface area contributed by atoms with Crippen molar-refractivity contribution in [2.45, 2.75) is 38.5 Å². The predicted octanol–water partition coefficient (Wildman–Crippen LogP) is 2.77. The predicted molar refractivity (Wildman–Crippen MR) is 110 cm³/mol. The van der Waals surface area contributed by atoms with Gasteiger partial charge in [0, 0.05) is 42.2 Å². The Balaban J connectivity index is 1.52. The van der Waals surface area contributed by atoms with Crippen LogP contribution in [0.1, 0.15) is 18.4 Å². The number of aryl methyl sites for hydroxylation is 1. The van der Waals surface area contributed by atoms with Gasteiger partial charge in [0.2, 0.25) is 0 Å². The number of aromatic nitrogens is 5. The molecule has 0 bridgehead atoms. The van der Waals surface area contributed by atoms with Gasteiger partial charge in [0.1, 0.15) is 5.65 Å². The number of nitrogens with zero attached hydrogens (tertiary/aromatic N) is 3. The largest absolute Gasteiger partial charge is 0.379 e. The maximum absolute atomic E-state index is 12.6. The molecule has 2 N–H and O–H groups in total. The van der Waals surface area contributed by atoms with Crippen molar-refractivity contribution in [2.24, 2.45) is 0 Å². The van der Waals surface area contributed by atoms with Crippen molar-refractivity contribution in [1.29, 1.82) is 0 Å². The third kappa shape index (κ3) is 3.14. The summed E-state index contributed by atoms with van der Waals surface area (Å²) < 4.78 is 13.0. The smallest absolute Gasteiger partial charge is 0.327 e. The molecule has 0 amide bonds. The normalized spacial score (nSPS) is 19.9. The van der Waals surface area contributed by atoms with Gasteiger partial charge in [-0.25, -0.2) is 14.8 Å². The summed E-state index contributed by atoms with van der Waals surface area (Å²) in [5, 5.41) is 1.08. The lowest BCUT2D eigenvalue weighted by atomic mass is 10.0. The minimum absolute atomic E-state index is 0.0126. The first-order chi connectivity index (χ1) is 14.1. The van der Waals surface area contributed by atoms with E-state index in [1.807, 2.05) is 24.5 Å². The van der Waals surface area contributed by atoms with Gasteiger partial charge in [0.25, 0.3) is 0 Å². The molecule has 4 aromatic rings. The van der Waals surface area contributed by atoms with Gasteiger partial charge in [-0.2, -0.15) is 0 Å². The van der Waals surface area contributed by atoms with E-state index in [0.29, 0.717) is 18.8 Å². The average Bonchev–Trinajstić information content (AvgIpc) is 3.34. The first-order valence-electron chi connectivity index (χ1n) is 9.80. The lowest BCUT2D eigenvalue weighted by Gasteiger charge is -2.28. The zero-order chi connectivity index (χ0) is 20.0. The Morgan fingerprint density at radius 2 is 2.14 bits per heavy atom. The standard InChI is InChI=1S/C21H23N5O3/c1-12-16-5-6-22-19(16)24-9-17(12)13-7-18-20(23-8-13)25-21(27)26(18)10-14-3-4-15(28-2)11-29-14/h5-9,14-15H,3-4,10-11H2,1-2H3,(H,22,24)(H,23,25,27). The lowest BCUT2D eigenvalue weighted by molar-refractivity contribution is -0.0757. The second kappa shape index (κ2) is 7.13. The van der Waals surface area contributed by atoms with E-state index in [2.05, 4.69) is 26.9 Å². The van der Waals surface area contributed by atoms with Crippen LogP contribution >= 0.6 is 0 Å². The van der Waals surface area contributed by atoms with Crippen molar-refractivity contribution in [3.8, 4) is 11.1 Å². The van der Waals surface area contributed by atoms with Gasteiger partial charge in [-0.1, -0.05) is 0 Å². The van der Waals surface area contributed by atoms with Crippen LogP contribution in [-0.2, 0) is 16.0 Å². The Hall–Kier alpha value is -2.97. The molecule has 0 saturated carbocycles. The number of hydrogen-bond donors (Lipinski definition) is 2. The number of imidazole rings is 1. The fourth-order valence-corrected chi connectivity index (χ4v) is 4.11. The minimum Gasteiger partial charge on any atom is -0.379 e. The quantitative estimate of drug-likeness (QED) is 0.556. The number of hydrogen-bond acceptors (Lipinski definition) is 5. The van der Waals surface area contributed by atoms with Gasteiger partial charge in [-0.05, 0) is 37.5 Å². The summed E-state index contributed by atoms with van der Waals surface area (Å²) in [5.41, 5.74) is 5.12. The molecule has 0 spiro atoms. The van der Waals surface area contributed by atoms with Crippen LogP contribution in [-0.4, -0.2) is 50.4 Å². The Labute approximate surface area is 166 Å². The second-order valence-electron chi connectivity index (χ2n) is 7.56. The zero-order valence-corrected chi connectivity index (χ0v) is 16.4. The van der Waals surface area contributed by atoms with E-state index in [0.717, 1.165) is 46.1 Å². The fourth-order valence-electron chi connectivity index (χ4n) is 4.11. The molecule has 5 heterocycles. The molecule has 0 aliphatic carbocycles. The third-order valence-electron chi connectivity index (χ3n) is 5.84. The Morgan fingerprint density at radius 1 is 1.28 bits per heavy atom. The number of aromatic amines is 2. The van der Waals surface area contributed by atoms with Crippen LogP contribution in [0.25, 0.3) is 33.3 Å². The molecule has 0 aromatic carbocycles. The summed E-state index contributed by atoms with van der Waals surface area (Å²) in [6.45, 7) is 3.13. The number of rotatable bonds is 4. The van der Waals surface area contributed by atoms with E-state index in [1.165, 1.54) is 0 Å². The summed E-state index contributed by atoms with van der Waals surface area (Å²) in [6, 6.07) is 4.02. The highest BCUT2D eigenvalue weighted by atomic mass is 16.5. The first-order valence-corrected chi connectivity index (χ1v) is 9.80. The van der Waals surface area contributed by atoms with Crippen molar-refractivity contribution >= 4 is 22.2 Å². The van der Waals surface area contributed by atoms with E-state index < -0.39 is 0 Å². The lowest BCUT2D eigenvalue weighted by Crippen LogP contribution is -2.35. The minimum atomic E-state index is -0.168. The molecule has 5 rings (SSSR count). The van der Waals surface area contributed by atoms with Crippen molar-refractivity contribution in [2.75, 3.05) is 13.7 Å². The van der Waals surface area contributed by atoms with Gasteiger partial charge in [0.05, 0.1) is 30.9 Å². The zero-order valence-electron chi connectivity index (χ0n) is 16.4. The van der Waals surface area contributed by atoms with Crippen LogP contribution in [0.3, 0.4) is 0 Å². The van der Waals surface area contributed by atoms with Gasteiger partial charge in [0.15, 0.2) is 5.65 Å². The van der Waals surface area contributed by atoms with E-state index in [4.69, 9.17) is 9.47 Å². The van der Waals surface area contributed by atoms with Crippen molar-refractivity contribution in [3.05, 3.63) is 46.8 Å². The van der Waals surface area contributed by atoms with Crippen LogP contribution in [0, 0.1) is 6.92 Å². The highest BCUT2D eigenvalue weighted by molar-refractivity contribution is 5.88. The topological polar surface area (TPSA) is 97.8 Å². The molecule has 150 valence electrons. The number of pyridine rings is 2. The molecule has 0 radical (unpaired) electrons. The van der Waals surface area contributed by atoms with Gasteiger partial charge < -0.3 is 14.5 Å². The molecular formula is C21H23N5O3. The number of fused-ring (bicyclic) bond motifs is 2. The molecular weight excluding hydrogens is 370 g/mol. The Kier molecular flexibility index (Phi) is 4.44. The summed E-state index contributed by atoms with van der Waals surface area (Å²) in [4.78, 5) is 27.5. The van der Waals surface area contributed by atoms with Crippen molar-refractivity contribution < 1.29 is 9.47 Å². The highest BCUT2D eigenvalue weighted by Gasteiger charge is 2.23. The molecule has 1 aliphatic rings. The van der Waals surface area contributed by atoms with Crippen LogP contribution in [0.5, 0.6) is 0 Å². The second-order valence-corrected chi connectivity index (χ2v) is 7.56. The molecule has 29 heavy (non-hydrogen) atoms. The molecule has 1 aliphatic heterocycles. The first kappa shape index (κ1) is 18.1. The van der Waals surface area contributed by atoms with E-state index in [9.17, 15) is 4.79 Å². The Bertz CT molecular complexity index is 1230. The summed E-state index contributed by atoms with van der Waals surface area (Å²) >= 11 is 0. The third-order valence-corrected chi connectivity index (χ3v) is 5.84.